The molecule has 1 N–H and O–H groups in total. The molecule has 1 aromatic heterocycles. The minimum atomic E-state index is -2.69. The van der Waals surface area contributed by atoms with Gasteiger partial charge in [-0.15, -0.1) is 10.2 Å². The average molecular weight is 345 g/mol. The van der Waals surface area contributed by atoms with Crippen LogP contribution in [-0.2, 0) is 11.8 Å². The molecule has 3 amide bonds. The van der Waals surface area contributed by atoms with Crippen LogP contribution in [0.25, 0.3) is 0 Å². The van der Waals surface area contributed by atoms with Gasteiger partial charge in [-0.3, -0.25) is 9.69 Å². The molecular weight excluding hydrogens is 328 g/mol. The molecule has 23 heavy (non-hydrogen) atoms. The smallest absolute Gasteiger partial charge is 0.323 e. The normalized spacial score (nSPS) is 20.1. The molecule has 2 heterocycles. The van der Waals surface area contributed by atoms with Crippen LogP contribution in [0.2, 0.25) is 0 Å². The fourth-order valence-electron chi connectivity index (χ4n) is 3.07. The number of rotatable bonds is 5. The number of aromatic nitrogens is 3. The Hall–Kier alpha value is -1.71. The topological polar surface area (TPSA) is 80.1 Å². The summed E-state index contributed by atoms with van der Waals surface area (Å²) in [6.45, 7) is 0.216. The predicted octanol–water partition coefficient (Wildman–Crippen LogP) is 1.71. The molecule has 2 aliphatic rings. The Morgan fingerprint density at radius 1 is 1.30 bits per heavy atom. The zero-order valence-corrected chi connectivity index (χ0v) is 13.4. The Bertz CT molecular complexity index is 630. The number of nitrogens with one attached hydrogen (secondary N) is 1. The highest BCUT2D eigenvalue weighted by Gasteiger charge is 2.52. The van der Waals surface area contributed by atoms with Crippen molar-refractivity contribution < 1.29 is 18.4 Å². The molecular formula is C13H17F2N5O2S. The molecule has 1 aliphatic carbocycles. The maximum absolute atomic E-state index is 12.6. The van der Waals surface area contributed by atoms with E-state index in [4.69, 9.17) is 0 Å². The number of imide groups is 1. The first-order valence-electron chi connectivity index (χ1n) is 7.39. The lowest BCUT2D eigenvalue weighted by Crippen LogP contribution is -2.44. The van der Waals surface area contributed by atoms with E-state index in [1.54, 1.807) is 0 Å². The monoisotopic (exact) mass is 345 g/mol. The van der Waals surface area contributed by atoms with Crippen LogP contribution in [0.3, 0.4) is 0 Å². The van der Waals surface area contributed by atoms with Crippen molar-refractivity contribution in [1.29, 1.82) is 0 Å². The van der Waals surface area contributed by atoms with Gasteiger partial charge in [0.2, 0.25) is 5.82 Å². The number of thioether (sulfide) groups is 1. The first-order chi connectivity index (χ1) is 10.9. The van der Waals surface area contributed by atoms with Crippen LogP contribution in [0.1, 0.15) is 37.9 Å². The van der Waals surface area contributed by atoms with Crippen LogP contribution in [0.15, 0.2) is 5.16 Å². The Morgan fingerprint density at radius 2 is 2.00 bits per heavy atom. The number of hydrogen-bond donors (Lipinski definition) is 1. The van der Waals surface area contributed by atoms with Gasteiger partial charge in [-0.1, -0.05) is 24.6 Å². The number of halogens is 2. The summed E-state index contributed by atoms with van der Waals surface area (Å²) in [6, 6.07) is -0.372. The fourth-order valence-corrected chi connectivity index (χ4v) is 3.91. The molecule has 1 aliphatic heterocycles. The van der Waals surface area contributed by atoms with Crippen molar-refractivity contribution in [2.45, 2.75) is 42.8 Å². The number of nitrogens with zero attached hydrogens (tertiary/aromatic N) is 4. The summed E-state index contributed by atoms with van der Waals surface area (Å²) < 4.78 is 26.5. The third kappa shape index (κ3) is 2.79. The van der Waals surface area contributed by atoms with Gasteiger partial charge in [-0.05, 0) is 12.8 Å². The number of alkyl halides is 2. The second kappa shape index (κ2) is 6.06. The van der Waals surface area contributed by atoms with E-state index < -0.39 is 17.8 Å². The van der Waals surface area contributed by atoms with Crippen molar-refractivity contribution in [3.63, 3.8) is 0 Å². The first-order valence-corrected chi connectivity index (χ1v) is 8.37. The Morgan fingerprint density at radius 3 is 2.61 bits per heavy atom. The molecule has 1 saturated carbocycles. The first kappa shape index (κ1) is 16.2. The van der Waals surface area contributed by atoms with Crippen LogP contribution in [0.5, 0.6) is 0 Å². The van der Waals surface area contributed by atoms with Gasteiger partial charge in [-0.2, -0.15) is 0 Å². The zero-order valence-electron chi connectivity index (χ0n) is 12.6. The molecule has 1 spiro atoms. The minimum absolute atomic E-state index is 0.174. The van der Waals surface area contributed by atoms with Gasteiger partial charge in [0.1, 0.15) is 5.54 Å². The minimum Gasteiger partial charge on any atom is -0.323 e. The molecule has 126 valence electrons. The molecule has 7 nitrogen and oxygen atoms in total. The van der Waals surface area contributed by atoms with Gasteiger partial charge in [0.05, 0.1) is 0 Å². The summed E-state index contributed by atoms with van der Waals surface area (Å²) in [5.74, 6) is -0.191. The van der Waals surface area contributed by atoms with Crippen molar-refractivity contribution in [2.75, 3.05) is 12.3 Å². The van der Waals surface area contributed by atoms with Crippen molar-refractivity contribution in [3.05, 3.63) is 5.82 Å². The molecule has 0 aromatic carbocycles. The van der Waals surface area contributed by atoms with E-state index in [1.165, 1.54) is 28.3 Å². The second-order valence-corrected chi connectivity index (χ2v) is 6.79. The van der Waals surface area contributed by atoms with Gasteiger partial charge in [-0.25, -0.2) is 13.6 Å². The quantitative estimate of drug-likeness (QED) is 0.649. The van der Waals surface area contributed by atoms with E-state index in [0.717, 1.165) is 12.8 Å². The van der Waals surface area contributed by atoms with Crippen molar-refractivity contribution >= 4 is 23.7 Å². The SMILES string of the molecule is Cn1c(SCCN2C(=O)NC3(CCCC3)C2=O)nnc1C(F)F. The molecule has 0 bridgehead atoms. The molecule has 2 fully saturated rings. The van der Waals surface area contributed by atoms with E-state index in [1.807, 2.05) is 0 Å². The second-order valence-electron chi connectivity index (χ2n) is 5.73. The summed E-state index contributed by atoms with van der Waals surface area (Å²) >= 11 is 1.19. The van der Waals surface area contributed by atoms with Gasteiger partial charge in [0, 0.05) is 19.3 Å². The van der Waals surface area contributed by atoms with E-state index in [9.17, 15) is 18.4 Å². The van der Waals surface area contributed by atoms with Gasteiger partial charge < -0.3 is 9.88 Å². The van der Waals surface area contributed by atoms with Crippen LogP contribution < -0.4 is 5.32 Å². The largest absolute Gasteiger partial charge is 0.325 e. The van der Waals surface area contributed by atoms with E-state index in [2.05, 4.69) is 15.5 Å². The number of hydrogen-bond acceptors (Lipinski definition) is 5. The Kier molecular flexibility index (Phi) is 4.26. The number of carbonyl (C=O) groups is 2. The zero-order chi connectivity index (χ0) is 16.6. The van der Waals surface area contributed by atoms with E-state index in [-0.39, 0.29) is 18.5 Å². The number of amides is 3. The summed E-state index contributed by atoms with van der Waals surface area (Å²) in [5, 5.41) is 10.3. The summed E-state index contributed by atoms with van der Waals surface area (Å²) in [6.07, 6.45) is 0.549. The Labute approximate surface area is 135 Å². The summed E-state index contributed by atoms with van der Waals surface area (Å²) in [7, 11) is 1.46. The Balaban J connectivity index is 1.59. The van der Waals surface area contributed by atoms with E-state index >= 15 is 0 Å². The van der Waals surface area contributed by atoms with Crippen LogP contribution in [-0.4, -0.2) is 49.4 Å². The van der Waals surface area contributed by atoms with Crippen molar-refractivity contribution in [2.24, 2.45) is 7.05 Å². The van der Waals surface area contributed by atoms with Crippen LogP contribution >= 0.6 is 11.8 Å². The molecule has 0 radical (unpaired) electrons. The maximum atomic E-state index is 12.6. The highest BCUT2D eigenvalue weighted by atomic mass is 32.2. The molecule has 0 unspecified atom stereocenters. The highest BCUT2D eigenvalue weighted by molar-refractivity contribution is 7.99. The number of urea groups is 1. The molecule has 0 atom stereocenters. The van der Waals surface area contributed by atoms with Gasteiger partial charge in [0.25, 0.3) is 12.3 Å². The molecule has 10 heteroatoms. The highest BCUT2D eigenvalue weighted by Crippen LogP contribution is 2.35. The predicted molar refractivity (Wildman–Crippen MR) is 78.1 cm³/mol. The van der Waals surface area contributed by atoms with Crippen molar-refractivity contribution in [1.82, 2.24) is 25.0 Å². The maximum Gasteiger partial charge on any atom is 0.325 e. The molecule has 1 aromatic rings. The van der Waals surface area contributed by atoms with Crippen LogP contribution in [0.4, 0.5) is 13.6 Å². The third-order valence-electron chi connectivity index (χ3n) is 4.31. The standard InChI is InChI=1S/C13H17F2N5O2S/c1-19-9(8(14)15)17-18-12(19)23-7-6-20-10(21)13(16-11(20)22)4-2-3-5-13/h8H,2-7H2,1H3,(H,16,22). The van der Waals surface area contributed by atoms with E-state index in [0.29, 0.717) is 23.8 Å². The summed E-state index contributed by atoms with van der Waals surface area (Å²) in [5.41, 5.74) is -0.713. The van der Waals surface area contributed by atoms with Crippen LogP contribution in [0, 0.1) is 0 Å². The van der Waals surface area contributed by atoms with Gasteiger partial charge in [0.15, 0.2) is 5.16 Å². The lowest BCUT2D eigenvalue weighted by molar-refractivity contribution is -0.130. The lowest BCUT2D eigenvalue weighted by atomic mass is 9.98. The van der Waals surface area contributed by atoms with Gasteiger partial charge >= 0.3 is 6.03 Å². The summed E-state index contributed by atoms with van der Waals surface area (Å²) in [4.78, 5) is 25.7. The molecule has 3 rings (SSSR count). The average Bonchev–Trinajstić information content (AvgIpc) is 3.16. The lowest BCUT2D eigenvalue weighted by Gasteiger charge is -2.19. The third-order valence-corrected chi connectivity index (χ3v) is 5.31. The number of carbonyl (C=O) groups excluding carboxylic acids is 2. The van der Waals surface area contributed by atoms with Crippen molar-refractivity contribution in [3.8, 4) is 0 Å². The molecule has 1 saturated heterocycles. The fraction of sp³-hybridized carbons (Fsp3) is 0.692.